The molecule has 4 aromatic rings. The number of thioether (sulfide) groups is 1. The van der Waals surface area contributed by atoms with Crippen molar-refractivity contribution < 1.29 is 4.79 Å². The van der Waals surface area contributed by atoms with E-state index < -0.39 is 5.91 Å². The van der Waals surface area contributed by atoms with E-state index in [0.717, 1.165) is 27.0 Å². The lowest BCUT2D eigenvalue weighted by molar-refractivity contribution is 0.100. The van der Waals surface area contributed by atoms with Crippen LogP contribution < -0.4 is 5.73 Å². The first-order chi connectivity index (χ1) is 11.2. The minimum atomic E-state index is -0.409. The summed E-state index contributed by atoms with van der Waals surface area (Å²) in [6, 6.07) is 15.5. The van der Waals surface area contributed by atoms with Crippen molar-refractivity contribution in [1.29, 1.82) is 0 Å². The molecule has 114 valence electrons. The lowest BCUT2D eigenvalue weighted by atomic mass is 10.1. The van der Waals surface area contributed by atoms with Crippen LogP contribution in [0.4, 0.5) is 0 Å². The zero-order chi connectivity index (χ0) is 15.8. The van der Waals surface area contributed by atoms with Crippen molar-refractivity contribution in [3.8, 4) is 0 Å². The van der Waals surface area contributed by atoms with E-state index >= 15 is 0 Å². The van der Waals surface area contributed by atoms with Crippen LogP contribution in [0.1, 0.15) is 15.9 Å². The number of carbonyl (C=O) groups excluding carboxylic acids is 1. The average Bonchev–Trinajstić information content (AvgIpc) is 3.12. The highest BCUT2D eigenvalue weighted by molar-refractivity contribution is 7.98. The van der Waals surface area contributed by atoms with Gasteiger partial charge in [-0.1, -0.05) is 47.4 Å². The number of fused-ring (bicyclic) bond motifs is 3. The van der Waals surface area contributed by atoms with E-state index in [1.54, 1.807) is 35.2 Å². The van der Waals surface area contributed by atoms with Crippen LogP contribution in [0.15, 0.2) is 53.7 Å². The Balaban J connectivity index is 1.61. The van der Waals surface area contributed by atoms with Crippen LogP contribution >= 0.6 is 23.1 Å². The summed E-state index contributed by atoms with van der Waals surface area (Å²) in [5, 5.41) is 9.41. The molecule has 0 fully saturated rings. The molecule has 7 heteroatoms. The Hall–Kier alpha value is -2.38. The minimum absolute atomic E-state index is 0.409. The maximum Gasteiger partial charge on any atom is 0.248 e. The zero-order valence-corrected chi connectivity index (χ0v) is 13.6. The number of carbonyl (C=O) groups is 1. The molecule has 2 aromatic heterocycles. The second kappa shape index (κ2) is 5.68. The van der Waals surface area contributed by atoms with Crippen LogP contribution in [0.2, 0.25) is 0 Å². The van der Waals surface area contributed by atoms with E-state index in [1.807, 2.05) is 24.3 Å². The lowest BCUT2D eigenvalue weighted by Gasteiger charge is -2.02. The summed E-state index contributed by atoms with van der Waals surface area (Å²) < 4.78 is 3.28. The molecule has 0 bridgehead atoms. The molecule has 0 aliphatic rings. The largest absolute Gasteiger partial charge is 0.366 e. The van der Waals surface area contributed by atoms with E-state index in [9.17, 15) is 4.79 Å². The minimum Gasteiger partial charge on any atom is -0.366 e. The van der Waals surface area contributed by atoms with Crippen molar-refractivity contribution in [2.24, 2.45) is 5.73 Å². The van der Waals surface area contributed by atoms with E-state index in [2.05, 4.69) is 26.7 Å². The number of hydrogen-bond acceptors (Lipinski definition) is 5. The fourth-order valence-electron chi connectivity index (χ4n) is 2.36. The molecule has 4 rings (SSSR count). The molecule has 5 nitrogen and oxygen atoms in total. The topological polar surface area (TPSA) is 73.3 Å². The Labute approximate surface area is 140 Å². The second-order valence-electron chi connectivity index (χ2n) is 5.02. The molecule has 1 amide bonds. The first-order valence-corrected chi connectivity index (χ1v) is 8.77. The number of thiazole rings is 1. The highest BCUT2D eigenvalue weighted by Crippen LogP contribution is 2.30. The molecule has 0 saturated carbocycles. The summed E-state index contributed by atoms with van der Waals surface area (Å²) in [6.45, 7) is 0. The first kappa shape index (κ1) is 14.2. The summed E-state index contributed by atoms with van der Waals surface area (Å²) in [5.74, 6) is 0.345. The molecule has 0 aliphatic carbocycles. The fourth-order valence-corrected chi connectivity index (χ4v) is 4.29. The van der Waals surface area contributed by atoms with Crippen LogP contribution in [-0.4, -0.2) is 20.5 Å². The number of hydrogen-bond donors (Lipinski definition) is 1. The van der Waals surface area contributed by atoms with Crippen LogP contribution in [0.5, 0.6) is 0 Å². The molecule has 23 heavy (non-hydrogen) atoms. The van der Waals surface area contributed by atoms with Gasteiger partial charge >= 0.3 is 0 Å². The van der Waals surface area contributed by atoms with Crippen LogP contribution in [0, 0.1) is 0 Å². The predicted octanol–water partition coefficient (Wildman–Crippen LogP) is 3.34. The molecule has 0 atom stereocenters. The number of primary amides is 1. The van der Waals surface area contributed by atoms with E-state index in [0.29, 0.717) is 5.56 Å². The highest BCUT2D eigenvalue weighted by Gasteiger charge is 2.12. The highest BCUT2D eigenvalue weighted by atomic mass is 32.2. The van der Waals surface area contributed by atoms with E-state index in [-0.39, 0.29) is 0 Å². The third-order valence-corrected chi connectivity index (χ3v) is 5.53. The Bertz CT molecular complexity index is 1000. The van der Waals surface area contributed by atoms with Gasteiger partial charge in [0, 0.05) is 11.3 Å². The molecule has 0 radical (unpaired) electrons. The first-order valence-electron chi connectivity index (χ1n) is 6.96. The van der Waals surface area contributed by atoms with Crippen molar-refractivity contribution in [2.45, 2.75) is 10.9 Å². The maximum absolute atomic E-state index is 11.1. The Morgan fingerprint density at radius 3 is 2.70 bits per heavy atom. The average molecular weight is 340 g/mol. The molecule has 2 heterocycles. The normalized spacial score (nSPS) is 11.3. The number of aromatic nitrogens is 3. The van der Waals surface area contributed by atoms with Gasteiger partial charge in [-0.2, -0.15) is 0 Å². The van der Waals surface area contributed by atoms with Crippen LogP contribution in [0.3, 0.4) is 0 Å². The number of nitrogens with zero attached hydrogens (tertiary/aromatic N) is 3. The van der Waals surface area contributed by atoms with Gasteiger partial charge in [0.15, 0.2) is 5.16 Å². The maximum atomic E-state index is 11.1. The monoisotopic (exact) mass is 340 g/mol. The predicted molar refractivity (Wildman–Crippen MR) is 92.9 cm³/mol. The molecule has 0 unspecified atom stereocenters. The second-order valence-corrected chi connectivity index (χ2v) is 6.97. The van der Waals surface area contributed by atoms with Gasteiger partial charge in [0.05, 0.1) is 10.2 Å². The van der Waals surface area contributed by atoms with Gasteiger partial charge in [0.25, 0.3) is 0 Å². The summed E-state index contributed by atoms with van der Waals surface area (Å²) in [6.07, 6.45) is 0. The summed E-state index contributed by atoms with van der Waals surface area (Å²) in [7, 11) is 0. The quantitative estimate of drug-likeness (QED) is 0.578. The fraction of sp³-hybridized carbons (Fsp3) is 0.0625. The summed E-state index contributed by atoms with van der Waals surface area (Å²) >= 11 is 3.26. The lowest BCUT2D eigenvalue weighted by Crippen LogP contribution is -2.10. The third kappa shape index (κ3) is 2.58. The number of nitrogens with two attached hydrogens (primary N) is 1. The molecule has 0 spiro atoms. The smallest absolute Gasteiger partial charge is 0.248 e. The Kier molecular flexibility index (Phi) is 3.51. The number of amides is 1. The van der Waals surface area contributed by atoms with Gasteiger partial charge in [0.2, 0.25) is 10.9 Å². The third-order valence-electron chi connectivity index (χ3n) is 3.52. The van der Waals surface area contributed by atoms with Crippen molar-refractivity contribution in [2.75, 3.05) is 0 Å². The SMILES string of the molecule is NC(=O)c1ccc(CSc2nnc3sc4ccccc4n23)cc1. The van der Waals surface area contributed by atoms with Crippen molar-refractivity contribution in [3.05, 3.63) is 59.7 Å². The number of para-hydroxylation sites is 1. The standard InChI is InChI=1S/C16H12N4OS2/c17-14(21)11-7-5-10(6-8-11)9-22-15-18-19-16-20(15)12-3-1-2-4-13(12)23-16/h1-8H,9H2,(H2,17,21). The molecule has 0 saturated heterocycles. The van der Waals surface area contributed by atoms with Gasteiger partial charge in [-0.05, 0) is 29.8 Å². The van der Waals surface area contributed by atoms with Crippen LogP contribution in [-0.2, 0) is 5.75 Å². The molecule has 0 aliphatic heterocycles. The summed E-state index contributed by atoms with van der Waals surface area (Å²) in [4.78, 5) is 12.0. The molecule has 2 aromatic carbocycles. The van der Waals surface area contributed by atoms with Gasteiger partial charge in [-0.25, -0.2) is 0 Å². The summed E-state index contributed by atoms with van der Waals surface area (Å²) in [5.41, 5.74) is 8.01. The van der Waals surface area contributed by atoms with Crippen LogP contribution in [0.25, 0.3) is 15.2 Å². The van der Waals surface area contributed by atoms with E-state index in [4.69, 9.17) is 5.73 Å². The zero-order valence-electron chi connectivity index (χ0n) is 12.0. The number of rotatable bonds is 4. The van der Waals surface area contributed by atoms with Crippen molar-refractivity contribution >= 4 is 44.2 Å². The Morgan fingerprint density at radius 1 is 1.13 bits per heavy atom. The van der Waals surface area contributed by atoms with Gasteiger partial charge in [-0.3, -0.25) is 9.20 Å². The van der Waals surface area contributed by atoms with E-state index in [1.165, 1.54) is 4.70 Å². The molecule has 2 N–H and O–H groups in total. The van der Waals surface area contributed by atoms with Gasteiger partial charge in [-0.15, -0.1) is 10.2 Å². The number of benzene rings is 2. The van der Waals surface area contributed by atoms with Crippen molar-refractivity contribution in [3.63, 3.8) is 0 Å². The van der Waals surface area contributed by atoms with Gasteiger partial charge < -0.3 is 5.73 Å². The Morgan fingerprint density at radius 2 is 1.91 bits per heavy atom. The van der Waals surface area contributed by atoms with Crippen molar-refractivity contribution in [1.82, 2.24) is 14.6 Å². The molecular weight excluding hydrogens is 328 g/mol. The molecular formula is C16H12N4OS2. The van der Waals surface area contributed by atoms with Gasteiger partial charge in [0.1, 0.15) is 0 Å².